The van der Waals surface area contributed by atoms with Gasteiger partial charge in [0.1, 0.15) is 11.9 Å². The molecule has 1 aliphatic heterocycles. The molecule has 0 fully saturated rings. The number of rotatable bonds is 3. The average molecular weight is 271 g/mol. The summed E-state index contributed by atoms with van der Waals surface area (Å²) in [7, 11) is 0. The van der Waals surface area contributed by atoms with Crippen LogP contribution in [-0.2, 0) is 17.8 Å². The van der Waals surface area contributed by atoms with Crippen molar-refractivity contribution in [2.75, 3.05) is 4.90 Å². The maximum Gasteiger partial charge on any atom is 0.326 e. The van der Waals surface area contributed by atoms with Crippen molar-refractivity contribution in [2.24, 2.45) is 0 Å². The van der Waals surface area contributed by atoms with Gasteiger partial charge in [-0.15, -0.1) is 0 Å². The first-order valence-electron chi connectivity index (χ1n) is 6.47. The SMILES string of the molecule is O=C(O)C1Cc2ccccc2N1Cc1ccc(F)cc1. The average Bonchev–Trinajstić information content (AvgIpc) is 2.81. The summed E-state index contributed by atoms with van der Waals surface area (Å²) >= 11 is 0. The lowest BCUT2D eigenvalue weighted by Crippen LogP contribution is -2.38. The van der Waals surface area contributed by atoms with Crippen molar-refractivity contribution in [3.05, 3.63) is 65.5 Å². The van der Waals surface area contributed by atoms with Crippen LogP contribution in [0.5, 0.6) is 0 Å². The molecule has 0 radical (unpaired) electrons. The van der Waals surface area contributed by atoms with Crippen LogP contribution in [0.15, 0.2) is 48.5 Å². The lowest BCUT2D eigenvalue weighted by molar-refractivity contribution is -0.138. The molecule has 3 nitrogen and oxygen atoms in total. The van der Waals surface area contributed by atoms with Crippen molar-refractivity contribution >= 4 is 11.7 Å². The summed E-state index contributed by atoms with van der Waals surface area (Å²) in [4.78, 5) is 13.3. The number of carboxylic acids is 1. The molecular weight excluding hydrogens is 257 g/mol. The Hall–Kier alpha value is -2.36. The maximum atomic E-state index is 12.9. The van der Waals surface area contributed by atoms with Gasteiger partial charge in [0.25, 0.3) is 0 Å². The topological polar surface area (TPSA) is 40.5 Å². The van der Waals surface area contributed by atoms with E-state index in [4.69, 9.17) is 0 Å². The Morgan fingerprint density at radius 2 is 1.90 bits per heavy atom. The van der Waals surface area contributed by atoms with E-state index in [2.05, 4.69) is 0 Å². The van der Waals surface area contributed by atoms with E-state index in [9.17, 15) is 14.3 Å². The van der Waals surface area contributed by atoms with Gasteiger partial charge >= 0.3 is 5.97 Å². The molecule has 1 heterocycles. The third kappa shape index (κ3) is 2.25. The van der Waals surface area contributed by atoms with Crippen molar-refractivity contribution in [2.45, 2.75) is 19.0 Å². The Balaban J connectivity index is 1.92. The number of halogens is 1. The van der Waals surface area contributed by atoms with Gasteiger partial charge in [0.05, 0.1) is 0 Å². The number of anilines is 1. The smallest absolute Gasteiger partial charge is 0.326 e. The second-order valence-electron chi connectivity index (χ2n) is 4.94. The highest BCUT2D eigenvalue weighted by atomic mass is 19.1. The highest BCUT2D eigenvalue weighted by molar-refractivity contribution is 5.82. The van der Waals surface area contributed by atoms with Gasteiger partial charge in [-0.05, 0) is 29.3 Å². The zero-order valence-corrected chi connectivity index (χ0v) is 10.8. The van der Waals surface area contributed by atoms with E-state index >= 15 is 0 Å². The molecule has 1 aliphatic rings. The summed E-state index contributed by atoms with van der Waals surface area (Å²) in [5.41, 5.74) is 2.89. The molecule has 0 amide bonds. The number of carboxylic acid groups (broad SMARTS) is 1. The molecular formula is C16H14FNO2. The number of aliphatic carboxylic acids is 1. The molecule has 3 rings (SSSR count). The van der Waals surface area contributed by atoms with Crippen LogP contribution in [0, 0.1) is 5.82 Å². The molecule has 0 aromatic heterocycles. The minimum absolute atomic E-state index is 0.287. The molecule has 1 atom stereocenters. The highest BCUT2D eigenvalue weighted by Gasteiger charge is 2.33. The summed E-state index contributed by atoms with van der Waals surface area (Å²) in [5, 5.41) is 9.38. The van der Waals surface area contributed by atoms with Gasteiger partial charge in [0.15, 0.2) is 0 Å². The van der Waals surface area contributed by atoms with E-state index in [1.165, 1.54) is 12.1 Å². The predicted octanol–water partition coefficient (Wildman–Crippen LogP) is 2.84. The summed E-state index contributed by atoms with van der Waals surface area (Å²) < 4.78 is 12.9. The van der Waals surface area contributed by atoms with Gasteiger partial charge in [-0.1, -0.05) is 30.3 Å². The lowest BCUT2D eigenvalue weighted by Gasteiger charge is -2.24. The van der Waals surface area contributed by atoms with E-state index in [0.717, 1.165) is 16.8 Å². The van der Waals surface area contributed by atoms with Crippen LogP contribution in [0.25, 0.3) is 0 Å². The van der Waals surface area contributed by atoms with Crippen molar-refractivity contribution in [3.63, 3.8) is 0 Å². The first kappa shape index (κ1) is 12.7. The van der Waals surface area contributed by atoms with Crippen LogP contribution in [-0.4, -0.2) is 17.1 Å². The van der Waals surface area contributed by atoms with Crippen LogP contribution in [0.3, 0.4) is 0 Å². The van der Waals surface area contributed by atoms with Gasteiger partial charge in [-0.25, -0.2) is 9.18 Å². The molecule has 4 heteroatoms. The molecule has 2 aromatic carbocycles. The number of carbonyl (C=O) groups is 1. The first-order valence-corrected chi connectivity index (χ1v) is 6.47. The lowest BCUT2D eigenvalue weighted by atomic mass is 10.1. The summed E-state index contributed by atoms with van der Waals surface area (Å²) in [6.07, 6.45) is 0.507. The molecule has 0 saturated carbocycles. The summed E-state index contributed by atoms with van der Waals surface area (Å²) in [6, 6.07) is 13.3. The Morgan fingerprint density at radius 3 is 2.60 bits per heavy atom. The Morgan fingerprint density at radius 1 is 1.20 bits per heavy atom. The largest absolute Gasteiger partial charge is 0.480 e. The van der Waals surface area contributed by atoms with Crippen LogP contribution in [0.4, 0.5) is 10.1 Å². The molecule has 102 valence electrons. The van der Waals surface area contributed by atoms with Gasteiger partial charge in [-0.2, -0.15) is 0 Å². The monoisotopic (exact) mass is 271 g/mol. The van der Waals surface area contributed by atoms with Crippen LogP contribution in [0.1, 0.15) is 11.1 Å². The van der Waals surface area contributed by atoms with Gasteiger partial charge < -0.3 is 10.0 Å². The molecule has 0 spiro atoms. The Bertz CT molecular complexity index is 639. The minimum atomic E-state index is -0.830. The maximum absolute atomic E-state index is 12.9. The fourth-order valence-corrected chi connectivity index (χ4v) is 2.65. The minimum Gasteiger partial charge on any atom is -0.480 e. The molecule has 0 bridgehead atoms. The zero-order chi connectivity index (χ0) is 14.1. The van der Waals surface area contributed by atoms with Crippen molar-refractivity contribution in [1.82, 2.24) is 0 Å². The fourth-order valence-electron chi connectivity index (χ4n) is 2.65. The van der Waals surface area contributed by atoms with E-state index in [1.807, 2.05) is 29.2 Å². The van der Waals surface area contributed by atoms with E-state index in [-0.39, 0.29) is 5.82 Å². The van der Waals surface area contributed by atoms with E-state index < -0.39 is 12.0 Å². The number of para-hydroxylation sites is 1. The Kier molecular flexibility index (Phi) is 3.14. The van der Waals surface area contributed by atoms with Crippen molar-refractivity contribution < 1.29 is 14.3 Å². The molecule has 1 N–H and O–H groups in total. The van der Waals surface area contributed by atoms with E-state index in [1.54, 1.807) is 12.1 Å². The van der Waals surface area contributed by atoms with Gasteiger partial charge in [0.2, 0.25) is 0 Å². The third-order valence-electron chi connectivity index (χ3n) is 3.64. The number of hydrogen-bond donors (Lipinski definition) is 1. The fraction of sp³-hybridized carbons (Fsp3) is 0.188. The standard InChI is InChI=1S/C16H14FNO2/c17-13-7-5-11(6-8-13)10-18-14-4-2-1-3-12(14)9-15(18)16(19)20/h1-8,15H,9-10H2,(H,19,20). The molecule has 20 heavy (non-hydrogen) atoms. The third-order valence-corrected chi connectivity index (χ3v) is 3.64. The quantitative estimate of drug-likeness (QED) is 0.933. The zero-order valence-electron chi connectivity index (χ0n) is 10.8. The second-order valence-corrected chi connectivity index (χ2v) is 4.94. The highest BCUT2D eigenvalue weighted by Crippen LogP contribution is 2.33. The molecule has 0 aliphatic carbocycles. The Labute approximate surface area is 116 Å². The predicted molar refractivity (Wildman–Crippen MR) is 74.2 cm³/mol. The van der Waals surface area contributed by atoms with Crippen LogP contribution in [0.2, 0.25) is 0 Å². The number of benzene rings is 2. The molecule has 0 saturated heterocycles. The second kappa shape index (κ2) is 4.96. The van der Waals surface area contributed by atoms with Crippen molar-refractivity contribution in [1.29, 1.82) is 0 Å². The molecule has 1 unspecified atom stereocenters. The first-order chi connectivity index (χ1) is 9.65. The normalized spacial score (nSPS) is 17.1. The van der Waals surface area contributed by atoms with Crippen molar-refractivity contribution in [3.8, 4) is 0 Å². The van der Waals surface area contributed by atoms with Gasteiger partial charge in [-0.3, -0.25) is 0 Å². The van der Waals surface area contributed by atoms with E-state index in [0.29, 0.717) is 13.0 Å². The number of fused-ring (bicyclic) bond motifs is 1. The summed E-state index contributed by atoms with van der Waals surface area (Å²) in [5.74, 6) is -1.12. The van der Waals surface area contributed by atoms with Crippen LogP contribution < -0.4 is 4.90 Å². The number of nitrogens with zero attached hydrogens (tertiary/aromatic N) is 1. The molecule has 2 aromatic rings. The number of hydrogen-bond acceptors (Lipinski definition) is 2. The van der Waals surface area contributed by atoms with Crippen LogP contribution >= 0.6 is 0 Å². The summed E-state index contributed by atoms with van der Waals surface area (Å²) in [6.45, 7) is 0.467. The van der Waals surface area contributed by atoms with Gasteiger partial charge in [0, 0.05) is 18.7 Å².